The summed E-state index contributed by atoms with van der Waals surface area (Å²) in [4.78, 5) is 12.1. The Morgan fingerprint density at radius 2 is 2.17 bits per heavy atom. The van der Waals surface area contributed by atoms with Crippen molar-refractivity contribution in [2.45, 2.75) is 13.5 Å². The van der Waals surface area contributed by atoms with Crippen LogP contribution >= 0.6 is 27.3 Å². The topological polar surface area (TPSA) is 49.3 Å². The fourth-order valence-electron chi connectivity index (χ4n) is 1.60. The molecule has 0 bridgehead atoms. The van der Waals surface area contributed by atoms with Gasteiger partial charge >= 0.3 is 5.97 Å². The number of anilines is 1. The number of aromatic carboxylic acids is 1. The number of hydrogen-bond donors (Lipinski definition) is 2. The van der Waals surface area contributed by atoms with Gasteiger partial charge in [-0.05, 0) is 42.8 Å². The number of carboxylic acid groups (broad SMARTS) is 1. The van der Waals surface area contributed by atoms with E-state index in [0.717, 1.165) is 20.6 Å². The van der Waals surface area contributed by atoms with Crippen LogP contribution in [0.4, 0.5) is 5.69 Å². The predicted octanol–water partition coefficient (Wildman–Crippen LogP) is 4.13. The summed E-state index contributed by atoms with van der Waals surface area (Å²) in [6, 6.07) is 9.50. The molecule has 0 saturated carbocycles. The van der Waals surface area contributed by atoms with Crippen molar-refractivity contribution in [2.24, 2.45) is 0 Å². The third kappa shape index (κ3) is 3.11. The van der Waals surface area contributed by atoms with Crippen molar-refractivity contribution < 1.29 is 9.90 Å². The first-order valence-corrected chi connectivity index (χ1v) is 6.99. The highest BCUT2D eigenvalue weighted by atomic mass is 79.9. The van der Waals surface area contributed by atoms with E-state index in [2.05, 4.69) is 21.2 Å². The second kappa shape index (κ2) is 5.54. The molecule has 0 amide bonds. The molecule has 3 nitrogen and oxygen atoms in total. The highest BCUT2D eigenvalue weighted by molar-refractivity contribution is 9.10. The normalized spacial score (nSPS) is 10.3. The quantitative estimate of drug-likeness (QED) is 0.888. The molecule has 2 rings (SSSR count). The van der Waals surface area contributed by atoms with E-state index >= 15 is 0 Å². The average molecular weight is 326 g/mol. The zero-order valence-corrected chi connectivity index (χ0v) is 12.1. The van der Waals surface area contributed by atoms with Crippen LogP contribution in [0.1, 0.15) is 20.1 Å². The minimum atomic E-state index is -0.869. The summed E-state index contributed by atoms with van der Waals surface area (Å²) in [7, 11) is 0. The van der Waals surface area contributed by atoms with Crippen molar-refractivity contribution in [1.29, 1.82) is 0 Å². The Labute approximate surface area is 118 Å². The molecule has 0 aliphatic heterocycles. The molecular formula is C13H12BrNO2S. The maximum Gasteiger partial charge on any atom is 0.345 e. The molecule has 0 unspecified atom stereocenters. The molecule has 0 radical (unpaired) electrons. The summed E-state index contributed by atoms with van der Waals surface area (Å²) in [6.45, 7) is 2.67. The molecule has 2 N–H and O–H groups in total. The lowest BCUT2D eigenvalue weighted by Crippen LogP contribution is -1.99. The molecule has 0 saturated heterocycles. The van der Waals surface area contributed by atoms with Crippen LogP contribution in [-0.2, 0) is 6.54 Å². The third-order valence-corrected chi connectivity index (χ3v) is 4.08. The molecule has 1 heterocycles. The number of carbonyl (C=O) groups is 1. The van der Waals surface area contributed by atoms with E-state index in [1.54, 1.807) is 6.07 Å². The largest absolute Gasteiger partial charge is 0.477 e. The van der Waals surface area contributed by atoms with Gasteiger partial charge in [-0.15, -0.1) is 11.3 Å². The van der Waals surface area contributed by atoms with Crippen LogP contribution in [0.25, 0.3) is 0 Å². The lowest BCUT2D eigenvalue weighted by atomic mass is 10.2. The fourth-order valence-corrected chi connectivity index (χ4v) is 2.86. The van der Waals surface area contributed by atoms with Gasteiger partial charge < -0.3 is 10.4 Å². The molecule has 18 heavy (non-hydrogen) atoms. The molecule has 0 spiro atoms. The lowest BCUT2D eigenvalue weighted by Gasteiger charge is -2.08. The maximum absolute atomic E-state index is 10.8. The smallest absolute Gasteiger partial charge is 0.345 e. The summed E-state index contributed by atoms with van der Waals surface area (Å²) in [6.07, 6.45) is 0. The van der Waals surface area contributed by atoms with Crippen LogP contribution in [0, 0.1) is 6.92 Å². The van der Waals surface area contributed by atoms with Gasteiger partial charge in [0.1, 0.15) is 4.88 Å². The van der Waals surface area contributed by atoms with Gasteiger partial charge in [0.05, 0.1) is 0 Å². The Bertz CT molecular complexity index is 580. The Balaban J connectivity index is 2.04. The minimum Gasteiger partial charge on any atom is -0.477 e. The van der Waals surface area contributed by atoms with Gasteiger partial charge in [0.25, 0.3) is 0 Å². The first-order chi connectivity index (χ1) is 8.56. The molecule has 0 fully saturated rings. The average Bonchev–Trinajstić information content (AvgIpc) is 2.76. The van der Waals surface area contributed by atoms with Crippen LogP contribution in [-0.4, -0.2) is 11.1 Å². The highest BCUT2D eigenvalue weighted by Crippen LogP contribution is 2.22. The summed E-state index contributed by atoms with van der Waals surface area (Å²) in [5.41, 5.74) is 2.21. The SMILES string of the molecule is Cc1cc(Br)ccc1NCc1ccc(C(=O)O)s1. The zero-order valence-electron chi connectivity index (χ0n) is 9.74. The number of carboxylic acids is 1. The first kappa shape index (κ1) is 13.1. The van der Waals surface area contributed by atoms with Gasteiger partial charge in [0.15, 0.2) is 0 Å². The number of thiophene rings is 1. The van der Waals surface area contributed by atoms with Crippen molar-refractivity contribution >= 4 is 38.9 Å². The molecule has 5 heteroatoms. The van der Waals surface area contributed by atoms with Gasteiger partial charge in [0.2, 0.25) is 0 Å². The summed E-state index contributed by atoms with van der Waals surface area (Å²) < 4.78 is 1.05. The van der Waals surface area contributed by atoms with E-state index in [1.165, 1.54) is 11.3 Å². The van der Waals surface area contributed by atoms with Gasteiger partial charge in [-0.2, -0.15) is 0 Å². The molecule has 1 aromatic carbocycles. The monoisotopic (exact) mass is 325 g/mol. The minimum absolute atomic E-state index is 0.374. The second-order valence-electron chi connectivity index (χ2n) is 3.88. The molecule has 2 aromatic rings. The van der Waals surface area contributed by atoms with Gasteiger partial charge in [0, 0.05) is 21.6 Å². The van der Waals surface area contributed by atoms with E-state index in [0.29, 0.717) is 11.4 Å². The van der Waals surface area contributed by atoms with Crippen molar-refractivity contribution in [3.05, 3.63) is 50.1 Å². The number of benzene rings is 1. The Morgan fingerprint density at radius 3 is 2.78 bits per heavy atom. The van der Waals surface area contributed by atoms with Crippen LogP contribution in [0.2, 0.25) is 0 Å². The van der Waals surface area contributed by atoms with Crippen LogP contribution in [0.5, 0.6) is 0 Å². The third-order valence-electron chi connectivity index (χ3n) is 2.51. The van der Waals surface area contributed by atoms with E-state index in [9.17, 15) is 4.79 Å². The van der Waals surface area contributed by atoms with E-state index in [4.69, 9.17) is 5.11 Å². The van der Waals surface area contributed by atoms with Crippen LogP contribution in [0.3, 0.4) is 0 Å². The van der Waals surface area contributed by atoms with Gasteiger partial charge in [-0.25, -0.2) is 4.79 Å². The second-order valence-corrected chi connectivity index (χ2v) is 5.97. The van der Waals surface area contributed by atoms with Crippen molar-refractivity contribution in [3.63, 3.8) is 0 Å². The number of halogens is 1. The number of rotatable bonds is 4. The molecule has 0 aliphatic carbocycles. The maximum atomic E-state index is 10.8. The molecule has 94 valence electrons. The number of aryl methyl sites for hydroxylation is 1. The van der Waals surface area contributed by atoms with Crippen molar-refractivity contribution in [2.75, 3.05) is 5.32 Å². The fraction of sp³-hybridized carbons (Fsp3) is 0.154. The van der Waals surface area contributed by atoms with Crippen molar-refractivity contribution in [1.82, 2.24) is 0 Å². The predicted molar refractivity (Wildman–Crippen MR) is 77.5 cm³/mol. The molecule has 0 aliphatic rings. The first-order valence-electron chi connectivity index (χ1n) is 5.38. The lowest BCUT2D eigenvalue weighted by molar-refractivity contribution is 0.0702. The summed E-state index contributed by atoms with van der Waals surface area (Å²) >= 11 is 4.72. The Hall–Kier alpha value is -1.33. The van der Waals surface area contributed by atoms with E-state index in [-0.39, 0.29) is 0 Å². The zero-order chi connectivity index (χ0) is 13.1. The van der Waals surface area contributed by atoms with Crippen molar-refractivity contribution in [3.8, 4) is 0 Å². The van der Waals surface area contributed by atoms with Gasteiger partial charge in [-0.1, -0.05) is 15.9 Å². The summed E-state index contributed by atoms with van der Waals surface area (Å²) in [5.74, 6) is -0.869. The molecule has 1 aromatic heterocycles. The molecular weight excluding hydrogens is 314 g/mol. The van der Waals surface area contributed by atoms with Crippen LogP contribution in [0.15, 0.2) is 34.8 Å². The van der Waals surface area contributed by atoms with E-state index < -0.39 is 5.97 Å². The van der Waals surface area contributed by atoms with Crippen LogP contribution < -0.4 is 5.32 Å². The Morgan fingerprint density at radius 1 is 1.39 bits per heavy atom. The van der Waals surface area contributed by atoms with E-state index in [1.807, 2.05) is 31.2 Å². The summed E-state index contributed by atoms with van der Waals surface area (Å²) in [5, 5.41) is 12.1. The highest BCUT2D eigenvalue weighted by Gasteiger charge is 2.07. The number of nitrogens with one attached hydrogen (secondary N) is 1. The number of hydrogen-bond acceptors (Lipinski definition) is 3. The standard InChI is InChI=1S/C13H12BrNO2S/c1-8-6-9(14)2-4-11(8)15-7-10-3-5-12(18-10)13(16)17/h2-6,15H,7H2,1H3,(H,16,17). The Kier molecular flexibility index (Phi) is 4.04. The van der Waals surface area contributed by atoms with Gasteiger partial charge in [-0.3, -0.25) is 0 Å². The molecule has 0 atom stereocenters.